The van der Waals surface area contributed by atoms with Gasteiger partial charge in [-0.2, -0.15) is 4.31 Å². The maximum atomic E-state index is 13.2. The van der Waals surface area contributed by atoms with Crippen molar-refractivity contribution in [3.05, 3.63) is 54.1 Å². The summed E-state index contributed by atoms with van der Waals surface area (Å²) in [7, 11) is -1.84. The highest BCUT2D eigenvalue weighted by molar-refractivity contribution is 7.89. The van der Waals surface area contributed by atoms with Crippen LogP contribution in [0.5, 0.6) is 0 Å². The molecule has 0 radical (unpaired) electrons. The van der Waals surface area contributed by atoms with Gasteiger partial charge in [0.25, 0.3) is 0 Å². The number of hydrogen-bond acceptors (Lipinski definition) is 5. The van der Waals surface area contributed by atoms with Crippen LogP contribution in [0.25, 0.3) is 11.0 Å². The summed E-state index contributed by atoms with van der Waals surface area (Å²) < 4.78 is 35.3. The van der Waals surface area contributed by atoms with Gasteiger partial charge in [-0.15, -0.1) is 0 Å². The van der Waals surface area contributed by atoms with Gasteiger partial charge in [-0.3, -0.25) is 4.98 Å². The van der Waals surface area contributed by atoms with Crippen LogP contribution in [0.2, 0.25) is 0 Å². The Morgan fingerprint density at radius 1 is 1.20 bits per heavy atom. The molecule has 160 valence electrons. The molecule has 1 aliphatic rings. The fourth-order valence-electron chi connectivity index (χ4n) is 4.14. The number of methoxy groups -OCH3 is 1. The average Bonchev–Trinajstić information content (AvgIpc) is 3.38. The molecule has 0 unspecified atom stereocenters. The van der Waals surface area contributed by atoms with Gasteiger partial charge in [0.1, 0.15) is 5.82 Å². The molecule has 1 aromatic carbocycles. The first-order valence-corrected chi connectivity index (χ1v) is 11.9. The number of imidazole rings is 1. The predicted molar refractivity (Wildman–Crippen MR) is 116 cm³/mol. The van der Waals surface area contributed by atoms with Crippen LogP contribution in [0.15, 0.2) is 47.6 Å². The number of hydrogen-bond donors (Lipinski definition) is 0. The number of pyridine rings is 1. The number of fused-ring (bicyclic) bond motifs is 1. The Kier molecular flexibility index (Phi) is 6.17. The van der Waals surface area contributed by atoms with Crippen molar-refractivity contribution in [2.75, 3.05) is 26.8 Å². The zero-order valence-corrected chi connectivity index (χ0v) is 18.3. The van der Waals surface area contributed by atoms with Crippen LogP contribution in [0.4, 0.5) is 0 Å². The van der Waals surface area contributed by atoms with Gasteiger partial charge in [-0.25, -0.2) is 13.4 Å². The second-order valence-electron chi connectivity index (χ2n) is 7.72. The number of rotatable bonds is 8. The van der Waals surface area contributed by atoms with E-state index < -0.39 is 10.0 Å². The minimum absolute atomic E-state index is 0.0448. The Hall–Kier alpha value is -2.29. The summed E-state index contributed by atoms with van der Waals surface area (Å²) in [6.07, 6.45) is 6.28. The van der Waals surface area contributed by atoms with Crippen molar-refractivity contribution in [3.63, 3.8) is 0 Å². The maximum Gasteiger partial charge on any atom is 0.243 e. The van der Waals surface area contributed by atoms with Gasteiger partial charge >= 0.3 is 0 Å². The van der Waals surface area contributed by atoms with Gasteiger partial charge in [-0.1, -0.05) is 25.5 Å². The van der Waals surface area contributed by atoms with Crippen LogP contribution < -0.4 is 0 Å². The summed E-state index contributed by atoms with van der Waals surface area (Å²) in [6, 6.07) is 9.19. The molecule has 0 amide bonds. The molecule has 2 aromatic heterocycles. The van der Waals surface area contributed by atoms with Gasteiger partial charge in [0.2, 0.25) is 10.0 Å². The van der Waals surface area contributed by atoms with E-state index >= 15 is 0 Å². The molecule has 4 rings (SSSR count). The minimum Gasteiger partial charge on any atom is -0.383 e. The molecule has 8 heteroatoms. The van der Waals surface area contributed by atoms with Gasteiger partial charge < -0.3 is 9.30 Å². The molecule has 1 saturated heterocycles. The highest BCUT2D eigenvalue weighted by Gasteiger charge is 2.35. The fraction of sp³-hybridized carbons (Fsp3) is 0.455. The third-order valence-electron chi connectivity index (χ3n) is 5.72. The van der Waals surface area contributed by atoms with Gasteiger partial charge in [-0.05, 0) is 36.6 Å². The van der Waals surface area contributed by atoms with Crippen LogP contribution in [0, 0.1) is 0 Å². The van der Waals surface area contributed by atoms with Crippen LogP contribution in [0.1, 0.15) is 37.1 Å². The van der Waals surface area contributed by atoms with E-state index in [4.69, 9.17) is 9.72 Å². The maximum absolute atomic E-state index is 13.2. The number of benzene rings is 1. The Morgan fingerprint density at radius 2 is 2.00 bits per heavy atom. The van der Waals surface area contributed by atoms with Crippen molar-refractivity contribution in [1.82, 2.24) is 18.8 Å². The molecule has 1 atom stereocenters. The number of ether oxygens (including phenoxy) is 1. The Bertz CT molecular complexity index is 1110. The third-order valence-corrected chi connectivity index (χ3v) is 7.59. The third kappa shape index (κ3) is 3.99. The number of aryl methyl sites for hydroxylation is 1. The quantitative estimate of drug-likeness (QED) is 0.551. The van der Waals surface area contributed by atoms with E-state index in [0.29, 0.717) is 31.1 Å². The lowest BCUT2D eigenvalue weighted by Crippen LogP contribution is -2.29. The van der Waals surface area contributed by atoms with Gasteiger partial charge in [0.05, 0.1) is 28.7 Å². The fourth-order valence-corrected chi connectivity index (χ4v) is 5.64. The van der Waals surface area contributed by atoms with Crippen molar-refractivity contribution >= 4 is 21.1 Å². The van der Waals surface area contributed by atoms with E-state index in [1.54, 1.807) is 29.7 Å². The normalized spacial score (nSPS) is 17.7. The average molecular weight is 429 g/mol. The zero-order chi connectivity index (χ0) is 21.1. The largest absolute Gasteiger partial charge is 0.383 e. The first-order chi connectivity index (χ1) is 14.5. The van der Waals surface area contributed by atoms with Crippen LogP contribution >= 0.6 is 0 Å². The molecular formula is C22H28N4O3S. The highest BCUT2D eigenvalue weighted by atomic mass is 32.2. The van der Waals surface area contributed by atoms with Crippen molar-refractivity contribution in [1.29, 1.82) is 0 Å². The molecule has 0 saturated carbocycles. The zero-order valence-electron chi connectivity index (χ0n) is 17.5. The standard InChI is InChI=1S/C22H28N4O3S/c1-3-4-17-5-7-19(8-6-17)30(27,28)25-12-10-18(16-25)22-24-20-9-11-23-15-21(20)26(22)13-14-29-2/h5-9,11,15,18H,3-4,10,12-14,16H2,1-2H3/t18-/m1/s1. The predicted octanol–water partition coefficient (Wildman–Crippen LogP) is 3.21. The van der Waals surface area contributed by atoms with Crippen LogP contribution in [-0.4, -0.2) is 54.1 Å². The molecule has 30 heavy (non-hydrogen) atoms. The van der Waals surface area contributed by atoms with Crippen molar-refractivity contribution in [3.8, 4) is 0 Å². The first kappa shape index (κ1) is 21.0. The van der Waals surface area contributed by atoms with E-state index in [9.17, 15) is 8.42 Å². The second kappa shape index (κ2) is 8.83. The van der Waals surface area contributed by atoms with Gasteiger partial charge in [0, 0.05) is 38.9 Å². The van der Waals surface area contributed by atoms with Crippen molar-refractivity contribution < 1.29 is 13.2 Å². The molecule has 0 N–H and O–H groups in total. The monoisotopic (exact) mass is 428 g/mol. The summed E-state index contributed by atoms with van der Waals surface area (Å²) in [6.45, 7) is 4.27. The molecule has 3 heterocycles. The SMILES string of the molecule is CCCc1ccc(S(=O)(=O)N2CC[C@@H](c3nc4ccncc4n3CCOC)C2)cc1. The molecular weight excluding hydrogens is 400 g/mol. The number of aromatic nitrogens is 3. The molecule has 7 nitrogen and oxygen atoms in total. The highest BCUT2D eigenvalue weighted by Crippen LogP contribution is 2.32. The van der Waals surface area contributed by atoms with E-state index in [2.05, 4.69) is 16.5 Å². The Balaban J connectivity index is 1.58. The minimum atomic E-state index is -3.51. The van der Waals surface area contributed by atoms with Gasteiger partial charge in [0.15, 0.2) is 0 Å². The topological polar surface area (TPSA) is 77.3 Å². The summed E-state index contributed by atoms with van der Waals surface area (Å²) in [5.41, 5.74) is 3.00. The van der Waals surface area contributed by atoms with Crippen molar-refractivity contribution in [2.45, 2.75) is 43.5 Å². The molecule has 3 aromatic rings. The van der Waals surface area contributed by atoms with Crippen molar-refractivity contribution in [2.24, 2.45) is 0 Å². The lowest BCUT2D eigenvalue weighted by atomic mass is 10.1. The van der Waals surface area contributed by atoms with E-state index in [-0.39, 0.29) is 5.92 Å². The summed E-state index contributed by atoms with van der Waals surface area (Å²) in [5, 5.41) is 0. The molecule has 1 fully saturated rings. The molecule has 0 spiro atoms. The Morgan fingerprint density at radius 3 is 2.73 bits per heavy atom. The second-order valence-corrected chi connectivity index (χ2v) is 9.66. The Labute approximate surface area is 177 Å². The van der Waals surface area contributed by atoms with E-state index in [0.717, 1.165) is 41.7 Å². The summed E-state index contributed by atoms with van der Waals surface area (Å²) >= 11 is 0. The summed E-state index contributed by atoms with van der Waals surface area (Å²) in [5.74, 6) is 0.953. The number of nitrogens with zero attached hydrogens (tertiary/aromatic N) is 4. The van der Waals surface area contributed by atoms with Crippen LogP contribution in [0.3, 0.4) is 0 Å². The lowest BCUT2D eigenvalue weighted by molar-refractivity contribution is 0.187. The smallest absolute Gasteiger partial charge is 0.243 e. The first-order valence-electron chi connectivity index (χ1n) is 10.4. The molecule has 0 bridgehead atoms. The van der Waals surface area contributed by atoms with E-state index in [1.807, 2.05) is 24.4 Å². The molecule has 1 aliphatic heterocycles. The number of sulfonamides is 1. The molecule has 0 aliphatic carbocycles. The summed E-state index contributed by atoms with van der Waals surface area (Å²) in [4.78, 5) is 9.40. The van der Waals surface area contributed by atoms with Crippen LogP contribution in [-0.2, 0) is 27.7 Å². The van der Waals surface area contributed by atoms with E-state index in [1.165, 1.54) is 0 Å². The lowest BCUT2D eigenvalue weighted by Gasteiger charge is -2.17.